The molecular weight excluding hydrogens is 426 g/mol. The van der Waals surface area contributed by atoms with Gasteiger partial charge in [-0.1, -0.05) is 18.7 Å². The lowest BCUT2D eigenvalue weighted by Gasteiger charge is -2.21. The van der Waals surface area contributed by atoms with E-state index in [1.165, 1.54) is 11.8 Å². The molecule has 8 nitrogen and oxygen atoms in total. The van der Waals surface area contributed by atoms with Crippen LogP contribution in [0.15, 0.2) is 47.9 Å². The number of hydrogen-bond donors (Lipinski definition) is 1. The number of nitrogens with zero attached hydrogens (tertiary/aromatic N) is 4. The van der Waals surface area contributed by atoms with E-state index < -0.39 is 5.79 Å². The van der Waals surface area contributed by atoms with Crippen molar-refractivity contribution in [1.29, 1.82) is 0 Å². The molecule has 2 aliphatic rings. The third-order valence-electron chi connectivity index (χ3n) is 5.62. The molecular formula is C23H25N5O3S. The first kappa shape index (κ1) is 20.8. The summed E-state index contributed by atoms with van der Waals surface area (Å²) in [5.74, 6) is 1.85. The summed E-state index contributed by atoms with van der Waals surface area (Å²) in [5, 5.41) is 12.3. The fourth-order valence-corrected chi connectivity index (χ4v) is 4.92. The highest BCUT2D eigenvalue weighted by molar-refractivity contribution is 7.99. The Morgan fingerprint density at radius 3 is 2.69 bits per heavy atom. The maximum atomic E-state index is 12.6. The van der Waals surface area contributed by atoms with Crippen molar-refractivity contribution >= 4 is 23.4 Å². The van der Waals surface area contributed by atoms with Crippen LogP contribution in [0.2, 0.25) is 0 Å². The van der Waals surface area contributed by atoms with Gasteiger partial charge in [-0.2, -0.15) is 0 Å². The van der Waals surface area contributed by atoms with E-state index in [1.54, 1.807) is 12.4 Å². The second-order valence-corrected chi connectivity index (χ2v) is 8.96. The summed E-state index contributed by atoms with van der Waals surface area (Å²) in [6.45, 7) is 2.88. The van der Waals surface area contributed by atoms with E-state index in [2.05, 4.69) is 32.0 Å². The Kier molecular flexibility index (Phi) is 5.73. The van der Waals surface area contributed by atoms with E-state index in [0.29, 0.717) is 11.4 Å². The minimum atomic E-state index is -0.503. The highest BCUT2D eigenvalue weighted by Gasteiger charge is 2.44. The monoisotopic (exact) mass is 451 g/mol. The lowest BCUT2D eigenvalue weighted by molar-refractivity contribution is -0.113. The summed E-state index contributed by atoms with van der Waals surface area (Å²) in [7, 11) is 0. The Morgan fingerprint density at radius 1 is 1.12 bits per heavy atom. The van der Waals surface area contributed by atoms with Crippen molar-refractivity contribution in [2.75, 3.05) is 11.1 Å². The molecule has 3 heterocycles. The van der Waals surface area contributed by atoms with E-state index in [9.17, 15) is 4.79 Å². The molecule has 1 amide bonds. The molecule has 9 heteroatoms. The van der Waals surface area contributed by atoms with Crippen LogP contribution < -0.4 is 14.8 Å². The average Bonchev–Trinajstić information content (AvgIpc) is 3.52. The number of pyridine rings is 1. The molecule has 1 spiro atoms. The van der Waals surface area contributed by atoms with Crippen molar-refractivity contribution in [1.82, 2.24) is 19.7 Å². The molecule has 1 aromatic carbocycles. The van der Waals surface area contributed by atoms with Gasteiger partial charge in [0.05, 0.1) is 5.75 Å². The van der Waals surface area contributed by atoms with Gasteiger partial charge < -0.3 is 19.4 Å². The molecule has 0 saturated heterocycles. The summed E-state index contributed by atoms with van der Waals surface area (Å²) in [6.07, 6.45) is 8.44. The Balaban J connectivity index is 1.23. The van der Waals surface area contributed by atoms with Crippen LogP contribution in [0.25, 0.3) is 11.4 Å². The molecule has 0 atom stereocenters. The van der Waals surface area contributed by atoms with Gasteiger partial charge in [-0.3, -0.25) is 9.78 Å². The normalized spacial score (nSPS) is 15.9. The van der Waals surface area contributed by atoms with Crippen LogP contribution in [0, 0.1) is 0 Å². The zero-order valence-corrected chi connectivity index (χ0v) is 18.7. The van der Waals surface area contributed by atoms with Gasteiger partial charge in [0.15, 0.2) is 22.5 Å². The van der Waals surface area contributed by atoms with Crippen molar-refractivity contribution in [3.8, 4) is 22.9 Å². The number of benzene rings is 1. The number of nitrogens with one attached hydrogen (secondary N) is 1. The van der Waals surface area contributed by atoms with Crippen LogP contribution in [-0.2, 0) is 11.3 Å². The molecule has 0 radical (unpaired) electrons. The highest BCUT2D eigenvalue weighted by atomic mass is 32.2. The molecule has 1 aliphatic carbocycles. The minimum absolute atomic E-state index is 0.110. The second-order valence-electron chi connectivity index (χ2n) is 8.01. The first-order chi connectivity index (χ1) is 15.7. The van der Waals surface area contributed by atoms with Crippen LogP contribution in [0.5, 0.6) is 11.5 Å². The number of fused-ring (bicyclic) bond motifs is 1. The highest BCUT2D eigenvalue weighted by Crippen LogP contribution is 2.47. The molecule has 1 saturated carbocycles. The molecule has 32 heavy (non-hydrogen) atoms. The molecule has 0 bridgehead atoms. The van der Waals surface area contributed by atoms with Gasteiger partial charge >= 0.3 is 0 Å². The smallest absolute Gasteiger partial charge is 0.251 e. The largest absolute Gasteiger partial charge is 0.448 e. The Morgan fingerprint density at radius 2 is 1.91 bits per heavy atom. The van der Waals surface area contributed by atoms with Gasteiger partial charge in [0.2, 0.25) is 5.91 Å². The number of hydrogen-bond acceptors (Lipinski definition) is 7. The van der Waals surface area contributed by atoms with Gasteiger partial charge in [-0.05, 0) is 43.5 Å². The number of ether oxygens (including phenoxy) is 2. The van der Waals surface area contributed by atoms with Crippen LogP contribution in [0.1, 0.15) is 39.0 Å². The fourth-order valence-electron chi connectivity index (χ4n) is 4.15. The average molecular weight is 452 g/mol. The summed E-state index contributed by atoms with van der Waals surface area (Å²) in [5.41, 5.74) is 1.65. The Bertz CT molecular complexity index is 1110. The van der Waals surface area contributed by atoms with Crippen LogP contribution in [-0.4, -0.2) is 37.2 Å². The predicted octanol–water partition coefficient (Wildman–Crippen LogP) is 4.52. The molecule has 1 fully saturated rings. The summed E-state index contributed by atoms with van der Waals surface area (Å²) in [6, 6.07) is 9.37. The molecule has 2 aromatic heterocycles. The maximum absolute atomic E-state index is 12.6. The van der Waals surface area contributed by atoms with Crippen molar-refractivity contribution in [2.24, 2.45) is 0 Å². The molecule has 166 valence electrons. The Hall–Kier alpha value is -3.07. The number of rotatable bonds is 7. The van der Waals surface area contributed by atoms with Gasteiger partial charge in [0.25, 0.3) is 5.79 Å². The first-order valence-electron chi connectivity index (χ1n) is 10.9. The van der Waals surface area contributed by atoms with E-state index in [-0.39, 0.29) is 11.7 Å². The van der Waals surface area contributed by atoms with Crippen LogP contribution in [0.4, 0.5) is 5.69 Å². The van der Waals surface area contributed by atoms with Crippen molar-refractivity contribution < 1.29 is 14.3 Å². The first-order valence-corrected chi connectivity index (χ1v) is 11.9. The quantitative estimate of drug-likeness (QED) is 0.528. The van der Waals surface area contributed by atoms with Crippen LogP contribution in [0.3, 0.4) is 0 Å². The number of carbonyl (C=O) groups is 1. The van der Waals surface area contributed by atoms with Crippen LogP contribution >= 0.6 is 11.8 Å². The fraction of sp³-hybridized carbons (Fsp3) is 0.391. The van der Waals surface area contributed by atoms with Gasteiger partial charge in [0.1, 0.15) is 0 Å². The summed E-state index contributed by atoms with van der Waals surface area (Å²) in [4.78, 5) is 16.7. The molecule has 3 aromatic rings. The summed E-state index contributed by atoms with van der Waals surface area (Å²) >= 11 is 1.38. The molecule has 1 aliphatic heterocycles. The lowest BCUT2D eigenvalue weighted by atomic mass is 10.2. The maximum Gasteiger partial charge on any atom is 0.251 e. The number of thioether (sulfide) groups is 1. The second kappa shape index (κ2) is 8.82. The lowest BCUT2D eigenvalue weighted by Crippen LogP contribution is -2.34. The standard InChI is InChI=1S/C23H25N5O3S/c1-2-13-28-21(16-7-11-24-12-8-16)26-27-22(28)32-15-20(29)25-17-5-6-18-19(14-17)31-23(30-18)9-3-4-10-23/h5-8,11-12,14H,2-4,9-10,13,15H2,1H3,(H,25,29). The van der Waals surface area contributed by atoms with Crippen molar-refractivity contribution in [3.63, 3.8) is 0 Å². The number of aromatic nitrogens is 4. The zero-order chi connectivity index (χ0) is 22.0. The SMILES string of the molecule is CCCn1c(SCC(=O)Nc2ccc3c(c2)OC2(CCCC2)O3)nnc1-c1ccncc1. The van der Waals surface area contributed by atoms with E-state index >= 15 is 0 Å². The molecule has 0 unspecified atom stereocenters. The van der Waals surface area contributed by atoms with E-state index in [1.807, 2.05) is 30.3 Å². The molecule has 5 rings (SSSR count). The van der Waals surface area contributed by atoms with Crippen molar-refractivity contribution in [2.45, 2.75) is 56.5 Å². The number of carbonyl (C=O) groups excluding carboxylic acids is 1. The molecule has 1 N–H and O–H groups in total. The van der Waals surface area contributed by atoms with E-state index in [0.717, 1.165) is 60.9 Å². The van der Waals surface area contributed by atoms with Crippen molar-refractivity contribution in [3.05, 3.63) is 42.7 Å². The third kappa shape index (κ3) is 4.17. The number of amides is 1. The third-order valence-corrected chi connectivity index (χ3v) is 6.59. The minimum Gasteiger partial charge on any atom is -0.448 e. The zero-order valence-electron chi connectivity index (χ0n) is 17.9. The predicted molar refractivity (Wildman–Crippen MR) is 122 cm³/mol. The van der Waals surface area contributed by atoms with Gasteiger partial charge in [-0.15, -0.1) is 10.2 Å². The van der Waals surface area contributed by atoms with Gasteiger partial charge in [-0.25, -0.2) is 0 Å². The Labute approximate surface area is 190 Å². The number of anilines is 1. The van der Waals surface area contributed by atoms with E-state index in [4.69, 9.17) is 9.47 Å². The summed E-state index contributed by atoms with van der Waals surface area (Å²) < 4.78 is 14.2. The topological polar surface area (TPSA) is 91.2 Å². The van der Waals surface area contributed by atoms with Gasteiger partial charge in [0, 0.05) is 49.1 Å².